The number of benzene rings is 2. The van der Waals surface area contributed by atoms with Crippen molar-refractivity contribution in [2.75, 3.05) is 7.05 Å². The predicted octanol–water partition coefficient (Wildman–Crippen LogP) is 4.20. The van der Waals surface area contributed by atoms with Crippen molar-refractivity contribution in [2.45, 2.75) is 12.8 Å². The van der Waals surface area contributed by atoms with E-state index in [1.165, 1.54) is 5.01 Å². The molecule has 0 spiro atoms. The van der Waals surface area contributed by atoms with E-state index in [-0.39, 0.29) is 5.91 Å². The number of nitrogens with zero attached hydrogens (tertiary/aromatic N) is 2. The lowest BCUT2D eigenvalue weighted by Crippen LogP contribution is -2.28. The standard InChI is InChI=1S/C17H15BrN2O2/c1-20-17(21)11-10-16(19-20)12-2-6-14(7-3-12)22-15-8-4-13(18)5-9-15/h2-9H,10-11H2,1H3. The van der Waals surface area contributed by atoms with Crippen LogP contribution in [0.25, 0.3) is 0 Å². The molecule has 112 valence electrons. The average molecular weight is 359 g/mol. The van der Waals surface area contributed by atoms with Crippen LogP contribution < -0.4 is 4.74 Å². The van der Waals surface area contributed by atoms with Gasteiger partial charge in [-0.05, 0) is 54.1 Å². The van der Waals surface area contributed by atoms with Gasteiger partial charge in [0.25, 0.3) is 0 Å². The fraction of sp³-hybridized carbons (Fsp3) is 0.176. The lowest BCUT2D eigenvalue weighted by molar-refractivity contribution is -0.130. The summed E-state index contributed by atoms with van der Waals surface area (Å²) in [6.07, 6.45) is 1.18. The van der Waals surface area contributed by atoms with Gasteiger partial charge in [-0.25, -0.2) is 5.01 Å². The molecule has 2 aromatic carbocycles. The van der Waals surface area contributed by atoms with Gasteiger partial charge in [0.05, 0.1) is 5.71 Å². The van der Waals surface area contributed by atoms with E-state index in [9.17, 15) is 4.79 Å². The monoisotopic (exact) mass is 358 g/mol. The molecule has 0 saturated heterocycles. The Morgan fingerprint density at radius 3 is 2.18 bits per heavy atom. The van der Waals surface area contributed by atoms with Gasteiger partial charge in [0.1, 0.15) is 11.5 Å². The summed E-state index contributed by atoms with van der Waals surface area (Å²) >= 11 is 3.40. The molecular formula is C17H15BrN2O2. The van der Waals surface area contributed by atoms with Gasteiger partial charge in [0, 0.05) is 24.4 Å². The Labute approximate surface area is 137 Å². The number of halogens is 1. The lowest BCUT2D eigenvalue weighted by atomic mass is 10.0. The molecule has 0 atom stereocenters. The molecular weight excluding hydrogens is 344 g/mol. The second-order valence-corrected chi connectivity index (χ2v) is 5.96. The molecule has 1 amide bonds. The molecule has 2 aromatic rings. The van der Waals surface area contributed by atoms with Crippen LogP contribution in [-0.2, 0) is 4.79 Å². The smallest absolute Gasteiger partial charge is 0.242 e. The number of carbonyl (C=O) groups is 1. The van der Waals surface area contributed by atoms with Crippen molar-refractivity contribution >= 4 is 27.5 Å². The third kappa shape index (κ3) is 3.36. The van der Waals surface area contributed by atoms with E-state index in [1.54, 1.807) is 7.05 Å². The van der Waals surface area contributed by atoms with E-state index in [0.717, 1.165) is 27.2 Å². The van der Waals surface area contributed by atoms with Gasteiger partial charge in [0.2, 0.25) is 5.91 Å². The number of rotatable bonds is 3. The topological polar surface area (TPSA) is 41.9 Å². The van der Waals surface area contributed by atoms with Crippen LogP contribution in [0, 0.1) is 0 Å². The molecule has 1 aliphatic heterocycles. The minimum Gasteiger partial charge on any atom is -0.457 e. The zero-order valence-corrected chi connectivity index (χ0v) is 13.7. The Kier molecular flexibility index (Phi) is 4.24. The molecule has 0 unspecified atom stereocenters. The summed E-state index contributed by atoms with van der Waals surface area (Å²) < 4.78 is 6.81. The fourth-order valence-electron chi connectivity index (χ4n) is 2.23. The highest BCUT2D eigenvalue weighted by molar-refractivity contribution is 9.10. The van der Waals surface area contributed by atoms with E-state index in [2.05, 4.69) is 21.0 Å². The molecule has 3 rings (SSSR count). The molecule has 0 radical (unpaired) electrons. The van der Waals surface area contributed by atoms with Gasteiger partial charge in [-0.2, -0.15) is 5.10 Å². The van der Waals surface area contributed by atoms with Crippen molar-refractivity contribution in [3.05, 3.63) is 58.6 Å². The highest BCUT2D eigenvalue weighted by Gasteiger charge is 2.17. The van der Waals surface area contributed by atoms with Crippen LogP contribution in [0.5, 0.6) is 11.5 Å². The summed E-state index contributed by atoms with van der Waals surface area (Å²) in [6, 6.07) is 15.5. The first kappa shape index (κ1) is 14.8. The molecule has 0 aromatic heterocycles. The second kappa shape index (κ2) is 6.32. The van der Waals surface area contributed by atoms with Crippen molar-refractivity contribution in [1.29, 1.82) is 0 Å². The molecule has 1 aliphatic rings. The maximum absolute atomic E-state index is 11.4. The normalized spacial score (nSPS) is 14.7. The van der Waals surface area contributed by atoms with Crippen molar-refractivity contribution in [3.63, 3.8) is 0 Å². The number of hydrogen-bond donors (Lipinski definition) is 0. The predicted molar refractivity (Wildman–Crippen MR) is 89.2 cm³/mol. The molecule has 22 heavy (non-hydrogen) atoms. The van der Waals surface area contributed by atoms with Crippen molar-refractivity contribution < 1.29 is 9.53 Å². The van der Waals surface area contributed by atoms with E-state index >= 15 is 0 Å². The van der Waals surface area contributed by atoms with E-state index < -0.39 is 0 Å². The highest BCUT2D eigenvalue weighted by atomic mass is 79.9. The zero-order valence-electron chi connectivity index (χ0n) is 12.1. The van der Waals surface area contributed by atoms with Gasteiger partial charge in [-0.1, -0.05) is 15.9 Å². The van der Waals surface area contributed by atoms with Crippen LogP contribution in [0.2, 0.25) is 0 Å². The van der Waals surface area contributed by atoms with Gasteiger partial charge < -0.3 is 4.74 Å². The zero-order chi connectivity index (χ0) is 15.5. The van der Waals surface area contributed by atoms with Crippen LogP contribution in [0.3, 0.4) is 0 Å². The van der Waals surface area contributed by atoms with Crippen LogP contribution in [0.15, 0.2) is 58.1 Å². The Hall–Kier alpha value is -2.14. The summed E-state index contributed by atoms with van der Waals surface area (Å²) in [5.41, 5.74) is 1.94. The first-order valence-corrected chi connectivity index (χ1v) is 7.79. The number of ether oxygens (including phenoxy) is 1. The Bertz CT molecular complexity index is 708. The molecule has 0 aliphatic carbocycles. The van der Waals surface area contributed by atoms with Crippen LogP contribution in [-0.4, -0.2) is 23.7 Å². The third-order valence-corrected chi connectivity index (χ3v) is 3.97. The number of hydrazone groups is 1. The van der Waals surface area contributed by atoms with Crippen LogP contribution in [0.4, 0.5) is 0 Å². The highest BCUT2D eigenvalue weighted by Crippen LogP contribution is 2.24. The van der Waals surface area contributed by atoms with Gasteiger partial charge in [-0.15, -0.1) is 0 Å². The second-order valence-electron chi connectivity index (χ2n) is 5.04. The van der Waals surface area contributed by atoms with Crippen LogP contribution in [0.1, 0.15) is 18.4 Å². The quantitative estimate of drug-likeness (QED) is 0.824. The van der Waals surface area contributed by atoms with Gasteiger partial charge in [0.15, 0.2) is 0 Å². The molecule has 0 fully saturated rings. The van der Waals surface area contributed by atoms with Crippen molar-refractivity contribution in [1.82, 2.24) is 5.01 Å². The summed E-state index contributed by atoms with van der Waals surface area (Å²) in [5, 5.41) is 5.72. The molecule has 0 N–H and O–H groups in total. The summed E-state index contributed by atoms with van der Waals surface area (Å²) in [6.45, 7) is 0. The lowest BCUT2D eigenvalue weighted by Gasteiger charge is -2.19. The Morgan fingerprint density at radius 1 is 1.00 bits per heavy atom. The molecule has 1 heterocycles. The maximum atomic E-state index is 11.4. The fourth-order valence-corrected chi connectivity index (χ4v) is 2.49. The van der Waals surface area contributed by atoms with Gasteiger partial charge in [-0.3, -0.25) is 4.79 Å². The largest absolute Gasteiger partial charge is 0.457 e. The Balaban J connectivity index is 1.74. The first-order chi connectivity index (χ1) is 10.6. The van der Waals surface area contributed by atoms with E-state index in [0.29, 0.717) is 12.8 Å². The minimum atomic E-state index is 0.0546. The third-order valence-electron chi connectivity index (χ3n) is 3.44. The van der Waals surface area contributed by atoms with Crippen LogP contribution >= 0.6 is 15.9 Å². The molecule has 4 nitrogen and oxygen atoms in total. The van der Waals surface area contributed by atoms with Crippen molar-refractivity contribution in [3.8, 4) is 11.5 Å². The summed E-state index contributed by atoms with van der Waals surface area (Å²) in [7, 11) is 1.69. The maximum Gasteiger partial charge on any atom is 0.242 e. The number of amides is 1. The van der Waals surface area contributed by atoms with Gasteiger partial charge >= 0.3 is 0 Å². The van der Waals surface area contributed by atoms with E-state index in [4.69, 9.17) is 4.74 Å². The van der Waals surface area contributed by atoms with Crippen molar-refractivity contribution in [2.24, 2.45) is 5.10 Å². The summed E-state index contributed by atoms with van der Waals surface area (Å²) in [5.74, 6) is 1.61. The Morgan fingerprint density at radius 2 is 1.59 bits per heavy atom. The number of carbonyl (C=O) groups excluding carboxylic acids is 1. The molecule has 0 bridgehead atoms. The summed E-state index contributed by atoms with van der Waals surface area (Å²) in [4.78, 5) is 11.4. The number of hydrogen-bond acceptors (Lipinski definition) is 3. The first-order valence-electron chi connectivity index (χ1n) is 7.00. The average Bonchev–Trinajstić information content (AvgIpc) is 2.53. The minimum absolute atomic E-state index is 0.0546. The SMILES string of the molecule is CN1N=C(c2ccc(Oc3ccc(Br)cc3)cc2)CCC1=O. The molecule has 5 heteroatoms. The van der Waals surface area contributed by atoms with E-state index in [1.807, 2.05) is 48.5 Å². The molecule has 0 saturated carbocycles.